The molecule has 0 bridgehead atoms. The lowest BCUT2D eigenvalue weighted by molar-refractivity contribution is -0.610. The quantitative estimate of drug-likeness (QED) is 0.540. The Kier molecular flexibility index (Phi) is 3.82. The zero-order valence-corrected chi connectivity index (χ0v) is 6.61. The van der Waals surface area contributed by atoms with Gasteiger partial charge in [-0.1, -0.05) is 0 Å². The monoisotopic (exact) mass is 131 g/mol. The summed E-state index contributed by atoms with van der Waals surface area (Å²) in [7, 11) is 3.65. The van der Waals surface area contributed by atoms with E-state index in [0.717, 1.165) is 13.2 Å². The molecule has 2 nitrogen and oxygen atoms in total. The molecule has 2 heteroatoms. The van der Waals surface area contributed by atoms with Gasteiger partial charge in [0, 0.05) is 6.61 Å². The summed E-state index contributed by atoms with van der Waals surface area (Å²) in [6.45, 7) is 7.84. The fourth-order valence-corrected chi connectivity index (χ4v) is 0.797. The molecule has 0 saturated carbocycles. The number of hydrogen-bond acceptors (Lipinski definition) is 1. The summed E-state index contributed by atoms with van der Waals surface area (Å²) in [6.07, 6.45) is 0. The van der Waals surface area contributed by atoms with Gasteiger partial charge >= 0.3 is 0 Å². The van der Waals surface area contributed by atoms with Gasteiger partial charge in [0.15, 0.2) is 0 Å². The number of nitrogens with two attached hydrogens (primary N) is 1. The Morgan fingerprint density at radius 2 is 2.11 bits per heavy atom. The minimum absolute atomic E-state index is 0.0174. The van der Waals surface area contributed by atoms with Crippen LogP contribution in [0, 0.1) is 7.05 Å². The van der Waals surface area contributed by atoms with Gasteiger partial charge in [-0.3, -0.25) is 0 Å². The van der Waals surface area contributed by atoms with Gasteiger partial charge in [0.25, 0.3) is 0 Å². The third-order valence-corrected chi connectivity index (χ3v) is 1.17. The van der Waals surface area contributed by atoms with Crippen LogP contribution in [0.3, 0.4) is 0 Å². The Bertz CT molecular complexity index is 63.3. The Morgan fingerprint density at radius 1 is 1.56 bits per heavy atom. The van der Waals surface area contributed by atoms with Crippen LogP contribution in [0.2, 0.25) is 0 Å². The maximum Gasteiger partial charge on any atom is 0.109 e. The van der Waals surface area contributed by atoms with Crippen molar-refractivity contribution in [2.75, 3.05) is 13.2 Å². The van der Waals surface area contributed by atoms with E-state index in [1.165, 1.54) is 0 Å². The maximum atomic E-state index is 5.40. The molecule has 0 radical (unpaired) electrons. The number of rotatable bonds is 4. The minimum Gasteiger partial charge on any atom is -0.476 e. The summed E-state index contributed by atoms with van der Waals surface area (Å²) >= 11 is 0. The molecular formula is C7H17NO. The smallest absolute Gasteiger partial charge is 0.109 e. The normalized spacial score (nSPS) is 12.0. The van der Waals surface area contributed by atoms with Crippen LogP contribution in [0.25, 0.3) is 0 Å². The van der Waals surface area contributed by atoms with Gasteiger partial charge in [-0.15, -0.1) is 0 Å². The number of hydrogen-bond donors (Lipinski definition) is 1. The highest BCUT2D eigenvalue weighted by molar-refractivity contribution is 4.64. The first-order valence-electron chi connectivity index (χ1n) is 3.37. The molecule has 9 heavy (non-hydrogen) atoms. The fourth-order valence-electron chi connectivity index (χ4n) is 0.797. The first-order chi connectivity index (χ1) is 4.12. The highest BCUT2D eigenvalue weighted by Crippen LogP contribution is 2.03. The molecule has 0 aromatic heterocycles. The molecule has 0 heterocycles. The first kappa shape index (κ1) is 8.92. The molecule has 56 valence electrons. The van der Waals surface area contributed by atoms with Gasteiger partial charge in [-0.25, -0.2) is 0 Å². The third kappa shape index (κ3) is 4.43. The van der Waals surface area contributed by atoms with E-state index in [0.29, 0.717) is 0 Å². The van der Waals surface area contributed by atoms with E-state index >= 15 is 0 Å². The second kappa shape index (κ2) is 3.85. The van der Waals surface area contributed by atoms with Gasteiger partial charge in [-0.05, 0) is 20.8 Å². The second-order valence-corrected chi connectivity index (χ2v) is 2.69. The molecule has 0 atom stereocenters. The average Bonchev–Trinajstić information content (AvgIpc) is 1.64. The lowest BCUT2D eigenvalue weighted by Gasteiger charge is -2.23. The van der Waals surface area contributed by atoms with Crippen molar-refractivity contribution in [3.05, 3.63) is 7.05 Å². The lowest BCUT2D eigenvalue weighted by atomic mass is 10.1. The van der Waals surface area contributed by atoms with Crippen molar-refractivity contribution in [3.8, 4) is 0 Å². The molecule has 0 amide bonds. The van der Waals surface area contributed by atoms with E-state index in [9.17, 15) is 0 Å². The molecule has 0 unspecified atom stereocenters. The molecule has 2 N–H and O–H groups in total. The molecule has 0 fully saturated rings. The molecule has 0 aliphatic carbocycles. The summed E-state index contributed by atoms with van der Waals surface area (Å²) < 4.78 is 5.40. The van der Waals surface area contributed by atoms with Crippen molar-refractivity contribution in [2.45, 2.75) is 26.4 Å². The Balaban J connectivity index is 3.43. The van der Waals surface area contributed by atoms with E-state index in [1.807, 2.05) is 12.2 Å². The summed E-state index contributed by atoms with van der Waals surface area (Å²) in [4.78, 5) is 0. The average molecular weight is 131 g/mol. The fraction of sp³-hybridized carbons (Fsp3) is 0.857. The van der Waals surface area contributed by atoms with Gasteiger partial charge in [0.1, 0.15) is 5.60 Å². The van der Waals surface area contributed by atoms with E-state index in [2.05, 4.69) is 20.9 Å². The van der Waals surface area contributed by atoms with E-state index in [4.69, 9.17) is 4.74 Å². The minimum atomic E-state index is -0.0174. The van der Waals surface area contributed by atoms with Gasteiger partial charge in [-0.2, -0.15) is 7.05 Å². The zero-order valence-electron chi connectivity index (χ0n) is 6.61. The largest absolute Gasteiger partial charge is 0.476 e. The van der Waals surface area contributed by atoms with Crippen LogP contribution >= 0.6 is 0 Å². The molecule has 0 aliphatic rings. The van der Waals surface area contributed by atoms with E-state index in [-0.39, 0.29) is 5.60 Å². The molecule has 0 rings (SSSR count). The molecule has 0 saturated heterocycles. The molecule has 0 aromatic rings. The topological polar surface area (TPSA) is 25.8 Å². The summed E-state index contributed by atoms with van der Waals surface area (Å²) in [5.41, 5.74) is -0.0174. The molecular weight excluding hydrogens is 114 g/mol. The van der Waals surface area contributed by atoms with E-state index < -0.39 is 0 Å². The summed E-state index contributed by atoms with van der Waals surface area (Å²) in [6, 6.07) is 0. The van der Waals surface area contributed by atoms with Crippen LogP contribution in [-0.2, 0) is 4.74 Å². The second-order valence-electron chi connectivity index (χ2n) is 2.69. The standard InChI is InChI=1S/C7H17NO/c1-5-9-7(2,3)6-8-4/h4-6,8H2,1-3H3. The van der Waals surface area contributed by atoms with Crippen LogP contribution in [0.4, 0.5) is 0 Å². The van der Waals surface area contributed by atoms with Crippen LogP contribution < -0.4 is 5.32 Å². The third-order valence-electron chi connectivity index (χ3n) is 1.17. The highest BCUT2D eigenvalue weighted by atomic mass is 16.5. The summed E-state index contributed by atoms with van der Waals surface area (Å²) in [5.74, 6) is 0. The van der Waals surface area contributed by atoms with Crippen LogP contribution in [0.15, 0.2) is 0 Å². The Hall–Kier alpha value is -0.0800. The lowest BCUT2D eigenvalue weighted by Crippen LogP contribution is -2.81. The molecule has 0 aliphatic heterocycles. The van der Waals surface area contributed by atoms with Crippen molar-refractivity contribution in [2.24, 2.45) is 0 Å². The first-order valence-corrected chi connectivity index (χ1v) is 3.37. The van der Waals surface area contributed by atoms with Crippen molar-refractivity contribution >= 4 is 0 Å². The van der Waals surface area contributed by atoms with Crippen LogP contribution in [0.5, 0.6) is 0 Å². The molecule has 0 aromatic carbocycles. The predicted octanol–water partition coefficient (Wildman–Crippen LogP) is 0.156. The van der Waals surface area contributed by atoms with Crippen molar-refractivity contribution < 1.29 is 10.1 Å². The number of ether oxygens (including phenoxy) is 1. The Morgan fingerprint density at radius 3 is 2.44 bits per heavy atom. The molecule has 0 spiro atoms. The zero-order chi connectivity index (χ0) is 7.33. The van der Waals surface area contributed by atoms with Gasteiger partial charge in [0.2, 0.25) is 0 Å². The van der Waals surface area contributed by atoms with Crippen molar-refractivity contribution in [1.29, 1.82) is 0 Å². The highest BCUT2D eigenvalue weighted by Gasteiger charge is 2.16. The van der Waals surface area contributed by atoms with Crippen molar-refractivity contribution in [3.63, 3.8) is 0 Å². The predicted molar refractivity (Wildman–Crippen MR) is 37.9 cm³/mol. The van der Waals surface area contributed by atoms with Gasteiger partial charge in [0.05, 0.1) is 6.54 Å². The van der Waals surface area contributed by atoms with Crippen LogP contribution in [-0.4, -0.2) is 18.8 Å². The van der Waals surface area contributed by atoms with E-state index in [1.54, 1.807) is 0 Å². The van der Waals surface area contributed by atoms with Gasteiger partial charge < -0.3 is 10.1 Å². The Labute approximate surface area is 57.6 Å². The van der Waals surface area contributed by atoms with Crippen molar-refractivity contribution in [1.82, 2.24) is 0 Å². The number of quaternary nitrogens is 1. The maximum absolute atomic E-state index is 5.40. The van der Waals surface area contributed by atoms with Crippen LogP contribution in [0.1, 0.15) is 20.8 Å². The summed E-state index contributed by atoms with van der Waals surface area (Å²) in [5, 5.41) is 1.88. The SMILES string of the molecule is [CH2-][NH2+]CC(C)(C)OCC.